The van der Waals surface area contributed by atoms with E-state index in [1.165, 1.54) is 17.0 Å². The second-order valence-corrected chi connectivity index (χ2v) is 4.49. The summed E-state index contributed by atoms with van der Waals surface area (Å²) in [5.41, 5.74) is 1.10. The van der Waals surface area contributed by atoms with Crippen LogP contribution in [0.3, 0.4) is 0 Å². The molecule has 0 N–H and O–H groups in total. The number of rotatable bonds is 2. The predicted octanol–water partition coefficient (Wildman–Crippen LogP) is 3.18. The van der Waals surface area contributed by atoms with Crippen molar-refractivity contribution in [2.24, 2.45) is 0 Å². The van der Waals surface area contributed by atoms with Gasteiger partial charge >= 0.3 is 0 Å². The van der Waals surface area contributed by atoms with Gasteiger partial charge in [-0.1, -0.05) is 12.1 Å². The van der Waals surface area contributed by atoms with Crippen molar-refractivity contribution in [3.8, 4) is 0 Å². The molecule has 0 fully saturated rings. The minimum Gasteiger partial charge on any atom is -0.249 e. The molecule has 1 nitrogen and oxygen atoms in total. The molecule has 0 radical (unpaired) electrons. The zero-order valence-corrected chi connectivity index (χ0v) is 8.64. The molecule has 0 aliphatic rings. The van der Waals surface area contributed by atoms with E-state index in [9.17, 15) is 4.39 Å². The van der Waals surface area contributed by atoms with Crippen LogP contribution in [0.5, 0.6) is 0 Å². The third-order valence-electron chi connectivity index (χ3n) is 1.94. The normalized spacial score (nSPS) is 10.4. The number of hydrogen-bond donors (Lipinski definition) is 0. The number of nitrogens with zero attached hydrogens (tertiary/aromatic N) is 1. The Morgan fingerprint density at radius 1 is 1.29 bits per heavy atom. The van der Waals surface area contributed by atoms with Crippen molar-refractivity contribution in [1.29, 1.82) is 0 Å². The Morgan fingerprint density at radius 2 is 2.00 bits per heavy atom. The molecule has 0 aliphatic heterocycles. The average Bonchev–Trinajstić information content (AvgIpc) is 2.56. The molecule has 0 bridgehead atoms. The Balaban J connectivity index is 2.15. The SMILES string of the molecule is Cc1cnc(Cc2ccc(F)cc2)s1. The first-order chi connectivity index (χ1) is 6.74. The van der Waals surface area contributed by atoms with Gasteiger partial charge in [0.15, 0.2) is 0 Å². The van der Waals surface area contributed by atoms with Crippen LogP contribution in [0.15, 0.2) is 30.5 Å². The summed E-state index contributed by atoms with van der Waals surface area (Å²) in [5, 5.41) is 1.08. The van der Waals surface area contributed by atoms with Crippen molar-refractivity contribution in [1.82, 2.24) is 4.98 Å². The Morgan fingerprint density at radius 3 is 2.57 bits per heavy atom. The molecule has 1 heterocycles. The van der Waals surface area contributed by atoms with Crippen molar-refractivity contribution >= 4 is 11.3 Å². The summed E-state index contributed by atoms with van der Waals surface area (Å²) in [4.78, 5) is 5.47. The molecule has 0 amide bonds. The van der Waals surface area contributed by atoms with Crippen LogP contribution in [0.1, 0.15) is 15.4 Å². The monoisotopic (exact) mass is 207 g/mol. The molecule has 2 rings (SSSR count). The van der Waals surface area contributed by atoms with Crippen LogP contribution < -0.4 is 0 Å². The molecule has 0 saturated heterocycles. The van der Waals surface area contributed by atoms with Gasteiger partial charge < -0.3 is 0 Å². The van der Waals surface area contributed by atoms with Gasteiger partial charge in [-0.15, -0.1) is 11.3 Å². The van der Waals surface area contributed by atoms with Crippen molar-refractivity contribution in [3.05, 3.63) is 51.7 Å². The number of aryl methyl sites for hydroxylation is 1. The Kier molecular flexibility index (Phi) is 2.59. The second kappa shape index (κ2) is 3.88. The molecule has 0 aliphatic carbocycles. The van der Waals surface area contributed by atoms with Crippen molar-refractivity contribution in [2.45, 2.75) is 13.3 Å². The molecule has 1 aromatic carbocycles. The zero-order chi connectivity index (χ0) is 9.97. The summed E-state index contributed by atoms with van der Waals surface area (Å²) in [7, 11) is 0. The maximum atomic E-state index is 12.6. The molecule has 0 atom stereocenters. The van der Waals surface area contributed by atoms with Crippen LogP contribution in [0.2, 0.25) is 0 Å². The lowest BCUT2D eigenvalue weighted by Gasteiger charge is -1.96. The van der Waals surface area contributed by atoms with E-state index in [2.05, 4.69) is 4.98 Å². The zero-order valence-electron chi connectivity index (χ0n) is 7.83. The van der Waals surface area contributed by atoms with Crippen LogP contribution in [-0.4, -0.2) is 4.98 Å². The predicted molar refractivity (Wildman–Crippen MR) is 56.1 cm³/mol. The van der Waals surface area contributed by atoms with Gasteiger partial charge in [0.1, 0.15) is 5.82 Å². The highest BCUT2D eigenvalue weighted by atomic mass is 32.1. The second-order valence-electron chi connectivity index (χ2n) is 3.17. The van der Waals surface area contributed by atoms with Crippen LogP contribution >= 0.6 is 11.3 Å². The first-order valence-electron chi connectivity index (χ1n) is 4.40. The van der Waals surface area contributed by atoms with E-state index < -0.39 is 0 Å². The number of aromatic nitrogens is 1. The van der Waals surface area contributed by atoms with Crippen LogP contribution in [-0.2, 0) is 6.42 Å². The van der Waals surface area contributed by atoms with E-state index in [1.54, 1.807) is 23.5 Å². The fourth-order valence-electron chi connectivity index (χ4n) is 1.26. The third kappa shape index (κ3) is 2.17. The van der Waals surface area contributed by atoms with Gasteiger partial charge in [-0.3, -0.25) is 0 Å². The maximum Gasteiger partial charge on any atom is 0.123 e. The summed E-state index contributed by atoms with van der Waals surface area (Å²) in [6, 6.07) is 6.56. The van der Waals surface area contributed by atoms with Crippen LogP contribution in [0.4, 0.5) is 4.39 Å². The molecule has 3 heteroatoms. The first kappa shape index (κ1) is 9.34. The van der Waals surface area contributed by atoms with Gasteiger partial charge in [0, 0.05) is 17.5 Å². The first-order valence-corrected chi connectivity index (χ1v) is 5.21. The molecule has 0 spiro atoms. The molecule has 1 aromatic heterocycles. The van der Waals surface area contributed by atoms with Gasteiger partial charge in [-0.05, 0) is 24.6 Å². The van der Waals surface area contributed by atoms with Crippen molar-refractivity contribution in [3.63, 3.8) is 0 Å². The molecule has 14 heavy (non-hydrogen) atoms. The number of halogens is 1. The summed E-state index contributed by atoms with van der Waals surface area (Å²) in [5.74, 6) is -0.191. The smallest absolute Gasteiger partial charge is 0.123 e. The standard InChI is InChI=1S/C11H10FNS/c1-8-7-13-11(14-8)6-9-2-4-10(12)5-3-9/h2-5,7H,6H2,1H3. The largest absolute Gasteiger partial charge is 0.249 e. The van der Waals surface area contributed by atoms with Gasteiger partial charge in [0.25, 0.3) is 0 Å². The molecule has 0 saturated carbocycles. The summed E-state index contributed by atoms with van der Waals surface area (Å²) in [6.07, 6.45) is 2.66. The highest BCUT2D eigenvalue weighted by Crippen LogP contribution is 2.15. The lowest BCUT2D eigenvalue weighted by molar-refractivity contribution is 0.627. The van der Waals surface area contributed by atoms with Gasteiger partial charge in [-0.2, -0.15) is 0 Å². The van der Waals surface area contributed by atoms with Crippen molar-refractivity contribution < 1.29 is 4.39 Å². The molecule has 72 valence electrons. The summed E-state index contributed by atoms with van der Waals surface area (Å²) in [6.45, 7) is 2.03. The fraction of sp³-hybridized carbons (Fsp3) is 0.182. The maximum absolute atomic E-state index is 12.6. The fourth-order valence-corrected chi connectivity index (χ4v) is 2.08. The Hall–Kier alpha value is -1.22. The lowest BCUT2D eigenvalue weighted by atomic mass is 10.2. The van der Waals surface area contributed by atoms with E-state index in [0.717, 1.165) is 17.0 Å². The van der Waals surface area contributed by atoms with E-state index in [4.69, 9.17) is 0 Å². The van der Waals surface area contributed by atoms with Gasteiger partial charge in [0.2, 0.25) is 0 Å². The van der Waals surface area contributed by atoms with Crippen LogP contribution in [0.25, 0.3) is 0 Å². The quantitative estimate of drug-likeness (QED) is 0.737. The highest BCUT2D eigenvalue weighted by molar-refractivity contribution is 7.11. The van der Waals surface area contributed by atoms with Crippen LogP contribution in [0, 0.1) is 12.7 Å². The molecule has 2 aromatic rings. The molecular formula is C11H10FNS. The summed E-state index contributed by atoms with van der Waals surface area (Å²) >= 11 is 1.68. The topological polar surface area (TPSA) is 12.9 Å². The number of thiazole rings is 1. The van der Waals surface area contributed by atoms with E-state index >= 15 is 0 Å². The van der Waals surface area contributed by atoms with E-state index in [1.807, 2.05) is 13.1 Å². The minimum absolute atomic E-state index is 0.191. The molecular weight excluding hydrogens is 197 g/mol. The Bertz CT molecular complexity index is 419. The summed E-state index contributed by atoms with van der Waals surface area (Å²) < 4.78 is 12.6. The Labute approximate surface area is 86.2 Å². The van der Waals surface area contributed by atoms with Crippen molar-refractivity contribution in [2.75, 3.05) is 0 Å². The third-order valence-corrected chi connectivity index (χ3v) is 2.85. The minimum atomic E-state index is -0.191. The van der Waals surface area contributed by atoms with E-state index in [-0.39, 0.29) is 5.82 Å². The molecule has 0 unspecified atom stereocenters. The van der Waals surface area contributed by atoms with E-state index in [0.29, 0.717) is 0 Å². The van der Waals surface area contributed by atoms with Gasteiger partial charge in [0.05, 0.1) is 5.01 Å². The number of benzene rings is 1. The van der Waals surface area contributed by atoms with Gasteiger partial charge in [-0.25, -0.2) is 9.37 Å². The lowest BCUT2D eigenvalue weighted by Crippen LogP contribution is -1.86. The highest BCUT2D eigenvalue weighted by Gasteiger charge is 2.00. The number of hydrogen-bond acceptors (Lipinski definition) is 2. The average molecular weight is 207 g/mol.